The van der Waals surface area contributed by atoms with Crippen molar-refractivity contribution in [1.29, 1.82) is 5.41 Å². The van der Waals surface area contributed by atoms with Gasteiger partial charge >= 0.3 is 6.47 Å². The van der Waals surface area contributed by atoms with Gasteiger partial charge in [0.05, 0.1) is 0 Å². The Balaban J connectivity index is 2.62. The number of carbonyl (C=O) groups excluding carboxylic acids is 2. The summed E-state index contributed by atoms with van der Waals surface area (Å²) in [5.41, 5.74) is 0. The molecule has 0 saturated carbocycles. The Morgan fingerprint density at radius 3 is 2.70 bits per heavy atom. The van der Waals surface area contributed by atoms with Crippen molar-refractivity contribution in [1.82, 2.24) is 5.06 Å². The molecule has 54 valence electrons. The highest BCUT2D eigenvalue weighted by Gasteiger charge is 2.27. The van der Waals surface area contributed by atoms with Crippen LogP contribution in [0.4, 0.5) is 0 Å². The monoisotopic (exact) mass is 142 g/mol. The summed E-state index contributed by atoms with van der Waals surface area (Å²) in [6.07, 6.45) is 0.610. The van der Waals surface area contributed by atoms with Crippen molar-refractivity contribution in [3.63, 3.8) is 0 Å². The summed E-state index contributed by atoms with van der Waals surface area (Å²) < 4.78 is 0. The van der Waals surface area contributed by atoms with E-state index in [4.69, 9.17) is 5.41 Å². The van der Waals surface area contributed by atoms with Gasteiger partial charge in [-0.1, -0.05) is 0 Å². The highest BCUT2D eigenvalue weighted by molar-refractivity contribution is 6.02. The summed E-state index contributed by atoms with van der Waals surface area (Å²) in [5, 5.41) is 7.76. The van der Waals surface area contributed by atoms with Gasteiger partial charge in [0, 0.05) is 12.8 Å². The van der Waals surface area contributed by atoms with E-state index in [1.165, 1.54) is 0 Å². The second-order valence-electron chi connectivity index (χ2n) is 1.84. The molecule has 1 fully saturated rings. The number of carbonyl (C=O) groups is 2. The Labute approximate surface area is 57.0 Å². The van der Waals surface area contributed by atoms with Gasteiger partial charge in [-0.25, -0.2) is 0 Å². The largest absolute Gasteiger partial charge is 0.335 e. The molecule has 10 heavy (non-hydrogen) atoms. The van der Waals surface area contributed by atoms with Crippen molar-refractivity contribution >= 4 is 18.2 Å². The lowest BCUT2D eigenvalue weighted by Gasteiger charge is -2.09. The van der Waals surface area contributed by atoms with Crippen LogP contribution < -0.4 is 0 Å². The van der Waals surface area contributed by atoms with Crippen LogP contribution in [-0.2, 0) is 14.4 Å². The molecule has 0 aliphatic carbocycles. The van der Waals surface area contributed by atoms with E-state index in [1.807, 2.05) is 0 Å². The van der Waals surface area contributed by atoms with E-state index >= 15 is 0 Å². The minimum absolute atomic E-state index is 0.0390. The summed E-state index contributed by atoms with van der Waals surface area (Å²) in [5.74, 6) is -0.297. The molecule has 1 amide bonds. The van der Waals surface area contributed by atoms with E-state index < -0.39 is 0 Å². The quantitative estimate of drug-likeness (QED) is 0.537. The van der Waals surface area contributed by atoms with Crippen LogP contribution in [0.25, 0.3) is 0 Å². The van der Waals surface area contributed by atoms with Gasteiger partial charge in [-0.3, -0.25) is 15.0 Å². The molecule has 0 atom stereocenters. The molecule has 0 aromatic heterocycles. The first kappa shape index (κ1) is 6.73. The van der Waals surface area contributed by atoms with Crippen molar-refractivity contribution < 1.29 is 14.4 Å². The van der Waals surface area contributed by atoms with Crippen LogP contribution in [0.5, 0.6) is 0 Å². The molecule has 5 nitrogen and oxygen atoms in total. The molecule has 0 spiro atoms. The Hall–Kier alpha value is -1.39. The highest BCUT2D eigenvalue weighted by atomic mass is 16.7. The number of hydroxylamine groups is 2. The normalized spacial score (nSPS) is 17.8. The number of rotatable bonds is 2. The van der Waals surface area contributed by atoms with E-state index in [2.05, 4.69) is 4.84 Å². The number of amides is 1. The van der Waals surface area contributed by atoms with Gasteiger partial charge in [0.15, 0.2) is 0 Å². The first-order valence-corrected chi connectivity index (χ1v) is 2.76. The Bertz CT molecular complexity index is 173. The van der Waals surface area contributed by atoms with Crippen LogP contribution in [0.2, 0.25) is 0 Å². The molecule has 0 aromatic carbocycles. The average molecular weight is 142 g/mol. The summed E-state index contributed by atoms with van der Waals surface area (Å²) in [7, 11) is 0. The Kier molecular flexibility index (Phi) is 1.66. The van der Waals surface area contributed by atoms with E-state index in [1.54, 1.807) is 0 Å². The molecule has 1 aliphatic heterocycles. The van der Waals surface area contributed by atoms with Crippen LogP contribution >= 0.6 is 0 Å². The topological polar surface area (TPSA) is 70.5 Å². The van der Waals surface area contributed by atoms with Gasteiger partial charge in [0.2, 0.25) is 0 Å². The summed E-state index contributed by atoms with van der Waals surface area (Å²) in [6.45, 7) is 0.137. The maximum absolute atomic E-state index is 10.7. The first-order valence-electron chi connectivity index (χ1n) is 2.76. The van der Waals surface area contributed by atoms with Gasteiger partial charge in [0.25, 0.3) is 5.91 Å². The number of nitrogens with zero attached hydrogens (tertiary/aromatic N) is 1. The lowest BCUT2D eigenvalue weighted by atomic mass is 10.4. The van der Waals surface area contributed by atoms with Crippen LogP contribution in [-0.4, -0.2) is 23.3 Å². The molecular formula is C5H6N2O3. The Morgan fingerprint density at radius 2 is 2.30 bits per heavy atom. The van der Waals surface area contributed by atoms with Crippen LogP contribution in [0, 0.1) is 5.41 Å². The van der Waals surface area contributed by atoms with Gasteiger partial charge in [-0.15, -0.1) is 5.06 Å². The fourth-order valence-electron chi connectivity index (χ4n) is 0.744. The minimum atomic E-state index is -0.336. The fraction of sp³-hybridized carbons (Fsp3) is 0.400. The number of amidine groups is 1. The third kappa shape index (κ3) is 0.975. The smallest absolute Gasteiger partial charge is 0.321 e. The van der Waals surface area contributed by atoms with Crippen molar-refractivity contribution in [3.8, 4) is 0 Å². The van der Waals surface area contributed by atoms with Crippen molar-refractivity contribution in [2.24, 2.45) is 0 Å². The highest BCUT2D eigenvalue weighted by Crippen LogP contribution is 2.10. The molecular weight excluding hydrogens is 136 g/mol. The van der Waals surface area contributed by atoms with E-state index in [0.29, 0.717) is 11.5 Å². The predicted molar refractivity (Wildman–Crippen MR) is 31.0 cm³/mol. The van der Waals surface area contributed by atoms with Gasteiger partial charge in [-0.2, -0.15) is 0 Å². The Morgan fingerprint density at radius 1 is 1.60 bits per heavy atom. The maximum Gasteiger partial charge on any atom is 0.321 e. The van der Waals surface area contributed by atoms with E-state index in [-0.39, 0.29) is 24.6 Å². The lowest BCUT2D eigenvalue weighted by Crippen LogP contribution is -2.28. The standard InChI is InChI=1S/C5H6N2O3/c6-4-1-2-5(9)7(4)10-3-8/h3,6H,1-2H2. The second kappa shape index (κ2) is 2.47. The lowest BCUT2D eigenvalue weighted by molar-refractivity contribution is -0.168. The first-order chi connectivity index (χ1) is 4.75. The SMILES string of the molecule is N=C1CCC(=O)N1OC=O. The summed E-state index contributed by atoms with van der Waals surface area (Å²) in [4.78, 5) is 24.6. The van der Waals surface area contributed by atoms with Crippen molar-refractivity contribution in [3.05, 3.63) is 0 Å². The zero-order valence-corrected chi connectivity index (χ0v) is 5.16. The molecule has 1 saturated heterocycles. The number of hydrogen-bond acceptors (Lipinski definition) is 4. The maximum atomic E-state index is 10.7. The molecule has 1 aliphatic rings. The minimum Gasteiger partial charge on any atom is -0.335 e. The molecule has 0 aromatic rings. The molecule has 0 radical (unpaired) electrons. The molecule has 0 bridgehead atoms. The van der Waals surface area contributed by atoms with Crippen LogP contribution in [0.3, 0.4) is 0 Å². The van der Waals surface area contributed by atoms with E-state index in [0.717, 1.165) is 0 Å². The van der Waals surface area contributed by atoms with Gasteiger partial charge in [-0.05, 0) is 0 Å². The molecule has 5 heteroatoms. The number of nitrogens with one attached hydrogen (secondary N) is 1. The van der Waals surface area contributed by atoms with Gasteiger partial charge < -0.3 is 4.84 Å². The number of hydrogen-bond donors (Lipinski definition) is 1. The van der Waals surface area contributed by atoms with Crippen LogP contribution in [0.1, 0.15) is 12.8 Å². The fourth-order valence-corrected chi connectivity index (χ4v) is 0.744. The van der Waals surface area contributed by atoms with Gasteiger partial charge in [0.1, 0.15) is 5.84 Å². The molecule has 1 rings (SSSR count). The zero-order valence-electron chi connectivity index (χ0n) is 5.16. The average Bonchev–Trinajstić information content (AvgIpc) is 2.20. The molecule has 1 N–H and O–H groups in total. The van der Waals surface area contributed by atoms with E-state index in [9.17, 15) is 9.59 Å². The molecule has 1 heterocycles. The third-order valence-electron chi connectivity index (χ3n) is 1.20. The summed E-state index contributed by atoms with van der Waals surface area (Å²) in [6, 6.07) is 0. The van der Waals surface area contributed by atoms with Crippen molar-refractivity contribution in [2.45, 2.75) is 12.8 Å². The van der Waals surface area contributed by atoms with Crippen molar-refractivity contribution in [2.75, 3.05) is 0 Å². The second-order valence-corrected chi connectivity index (χ2v) is 1.84. The van der Waals surface area contributed by atoms with Crippen LogP contribution in [0.15, 0.2) is 0 Å². The predicted octanol–water partition coefficient (Wildman–Crippen LogP) is -0.326. The zero-order chi connectivity index (χ0) is 7.56. The summed E-state index contributed by atoms with van der Waals surface area (Å²) >= 11 is 0. The molecule has 0 unspecified atom stereocenters. The third-order valence-corrected chi connectivity index (χ3v) is 1.20.